The highest BCUT2D eigenvalue weighted by molar-refractivity contribution is 7.99. The summed E-state index contributed by atoms with van der Waals surface area (Å²) in [5.41, 5.74) is 8.75. The molecule has 0 aliphatic rings. The van der Waals surface area contributed by atoms with Crippen LogP contribution in [0.15, 0.2) is 34.4 Å². The Morgan fingerprint density at radius 2 is 1.84 bits per heavy atom. The van der Waals surface area contributed by atoms with Gasteiger partial charge in [-0.05, 0) is 43.2 Å². The zero-order valence-corrected chi connectivity index (χ0v) is 20.3. The largest absolute Gasteiger partial charge is 0.504 e. The van der Waals surface area contributed by atoms with E-state index < -0.39 is 0 Å². The summed E-state index contributed by atoms with van der Waals surface area (Å²) in [7, 11) is 0. The number of aromatic hydroxyl groups is 2. The van der Waals surface area contributed by atoms with E-state index in [9.17, 15) is 10.2 Å². The molecular formula is C23H34N6O2S. The van der Waals surface area contributed by atoms with Crippen LogP contribution in [0.2, 0.25) is 0 Å². The van der Waals surface area contributed by atoms with E-state index in [1.165, 1.54) is 11.8 Å². The molecule has 32 heavy (non-hydrogen) atoms. The van der Waals surface area contributed by atoms with Gasteiger partial charge in [0.05, 0.1) is 11.2 Å². The van der Waals surface area contributed by atoms with Gasteiger partial charge in [-0.2, -0.15) is 0 Å². The maximum Gasteiger partial charge on any atom is 0.174 e. The number of fused-ring (bicyclic) bond motifs is 1. The van der Waals surface area contributed by atoms with E-state index in [1.54, 1.807) is 18.3 Å². The number of nitrogens with one attached hydrogen (secondary N) is 1. The number of phenolic OH excluding ortho intramolecular Hbond substituents is 2. The van der Waals surface area contributed by atoms with Gasteiger partial charge in [0.15, 0.2) is 22.5 Å². The normalized spacial score (nSPS) is 11.9. The molecular weight excluding hydrogens is 424 g/mol. The first-order chi connectivity index (χ1) is 15.1. The average molecular weight is 459 g/mol. The quantitative estimate of drug-likeness (QED) is 0.281. The number of phenols is 2. The highest BCUT2D eigenvalue weighted by Gasteiger charge is 2.19. The van der Waals surface area contributed by atoms with Crippen LogP contribution in [0.5, 0.6) is 11.5 Å². The summed E-state index contributed by atoms with van der Waals surface area (Å²) in [6.45, 7) is 14.7. The Hall–Kier alpha value is -2.65. The monoisotopic (exact) mass is 458 g/mol. The molecule has 2 aromatic heterocycles. The van der Waals surface area contributed by atoms with E-state index in [0.29, 0.717) is 17.9 Å². The van der Waals surface area contributed by atoms with Gasteiger partial charge >= 0.3 is 0 Å². The fraction of sp³-hybridized carbons (Fsp3) is 0.478. The van der Waals surface area contributed by atoms with Gasteiger partial charge in [0.1, 0.15) is 5.52 Å². The number of hydrogen-bond acceptors (Lipinski definition) is 8. The number of nitrogens with zero attached hydrogens (tertiary/aromatic N) is 4. The summed E-state index contributed by atoms with van der Waals surface area (Å²) < 4.78 is 2.13. The maximum atomic E-state index is 10.2. The number of aromatic nitrogens is 3. The molecule has 174 valence electrons. The van der Waals surface area contributed by atoms with Crippen molar-refractivity contribution in [1.82, 2.24) is 19.9 Å². The first-order valence-corrected chi connectivity index (χ1v) is 11.8. The summed E-state index contributed by atoms with van der Waals surface area (Å²) in [6, 6.07) is 5.13. The first kappa shape index (κ1) is 24.0. The van der Waals surface area contributed by atoms with Crippen LogP contribution >= 0.6 is 11.8 Å². The molecule has 9 heteroatoms. The minimum Gasteiger partial charge on any atom is -0.504 e. The van der Waals surface area contributed by atoms with E-state index in [4.69, 9.17) is 10.7 Å². The summed E-state index contributed by atoms with van der Waals surface area (Å²) in [5, 5.41) is 24.6. The zero-order chi connectivity index (χ0) is 23.5. The summed E-state index contributed by atoms with van der Waals surface area (Å²) in [4.78, 5) is 11.9. The highest BCUT2D eigenvalue weighted by atomic mass is 32.2. The van der Waals surface area contributed by atoms with E-state index in [2.05, 4.69) is 54.4 Å². The summed E-state index contributed by atoms with van der Waals surface area (Å²) >= 11 is 1.45. The van der Waals surface area contributed by atoms with Crippen molar-refractivity contribution in [1.29, 1.82) is 0 Å². The summed E-state index contributed by atoms with van der Waals surface area (Å²) in [5.74, 6) is 0.104. The van der Waals surface area contributed by atoms with Crippen LogP contribution < -0.4 is 16.0 Å². The second-order valence-corrected chi connectivity index (χ2v) is 9.94. The van der Waals surface area contributed by atoms with Crippen LogP contribution in [0.25, 0.3) is 11.0 Å². The van der Waals surface area contributed by atoms with Gasteiger partial charge in [0.2, 0.25) is 0 Å². The van der Waals surface area contributed by atoms with Gasteiger partial charge in [-0.15, -0.1) is 0 Å². The molecule has 5 N–H and O–H groups in total. The lowest BCUT2D eigenvalue weighted by Crippen LogP contribution is -2.29. The first-order valence-electron chi connectivity index (χ1n) is 10.9. The Bertz CT molecular complexity index is 1070. The second-order valence-electron chi connectivity index (χ2n) is 8.93. The Balaban J connectivity index is 2.00. The average Bonchev–Trinajstić information content (AvgIpc) is 3.07. The predicted molar refractivity (Wildman–Crippen MR) is 132 cm³/mol. The molecule has 1 aromatic carbocycles. The Morgan fingerprint density at radius 3 is 2.50 bits per heavy atom. The van der Waals surface area contributed by atoms with E-state index in [-0.39, 0.29) is 16.9 Å². The number of hydrogen-bond donors (Lipinski definition) is 4. The molecule has 3 rings (SSSR count). The zero-order valence-electron chi connectivity index (χ0n) is 19.5. The number of pyridine rings is 1. The van der Waals surface area contributed by atoms with Crippen LogP contribution in [-0.2, 0) is 6.54 Å². The van der Waals surface area contributed by atoms with Crippen LogP contribution in [0.4, 0.5) is 11.5 Å². The van der Waals surface area contributed by atoms with Crippen LogP contribution in [0.1, 0.15) is 34.6 Å². The Labute approximate surface area is 193 Å². The molecule has 0 radical (unpaired) electrons. The van der Waals surface area contributed by atoms with Crippen molar-refractivity contribution < 1.29 is 10.2 Å². The third-order valence-electron chi connectivity index (χ3n) is 5.19. The van der Waals surface area contributed by atoms with Gasteiger partial charge in [-0.25, -0.2) is 9.97 Å². The molecule has 0 spiro atoms. The van der Waals surface area contributed by atoms with E-state index >= 15 is 0 Å². The van der Waals surface area contributed by atoms with Gasteiger partial charge < -0.3 is 30.7 Å². The van der Waals surface area contributed by atoms with E-state index in [1.807, 2.05) is 6.07 Å². The number of nitrogen functional groups attached to an aromatic ring is 1. The molecule has 0 bridgehead atoms. The lowest BCUT2D eigenvalue weighted by Gasteiger charge is -2.24. The van der Waals surface area contributed by atoms with Gasteiger partial charge in [-0.3, -0.25) is 0 Å². The molecule has 0 aliphatic heterocycles. The molecule has 0 amide bonds. The molecule has 0 atom stereocenters. The number of rotatable bonds is 9. The third-order valence-corrected chi connectivity index (χ3v) is 6.23. The Kier molecular flexibility index (Phi) is 7.40. The van der Waals surface area contributed by atoms with Crippen molar-refractivity contribution in [3.05, 3.63) is 24.4 Å². The van der Waals surface area contributed by atoms with Crippen LogP contribution in [-0.4, -0.2) is 50.9 Å². The molecule has 8 nitrogen and oxygen atoms in total. The predicted octanol–water partition coefficient (Wildman–Crippen LogP) is 4.06. The molecule has 0 saturated heterocycles. The number of nitrogens with two attached hydrogens (primary N) is 1. The molecule has 0 unspecified atom stereocenters. The molecule has 0 aliphatic carbocycles. The van der Waals surface area contributed by atoms with Crippen molar-refractivity contribution in [3.63, 3.8) is 0 Å². The molecule has 0 fully saturated rings. The lowest BCUT2D eigenvalue weighted by molar-refractivity contribution is 0.375. The van der Waals surface area contributed by atoms with Crippen molar-refractivity contribution in [3.8, 4) is 11.5 Å². The highest BCUT2D eigenvalue weighted by Crippen LogP contribution is 2.42. The van der Waals surface area contributed by atoms with Gasteiger partial charge in [0.25, 0.3) is 0 Å². The Morgan fingerprint density at radius 1 is 1.16 bits per heavy atom. The van der Waals surface area contributed by atoms with E-state index in [0.717, 1.165) is 47.4 Å². The summed E-state index contributed by atoms with van der Waals surface area (Å²) in [6.07, 6.45) is 1.70. The lowest BCUT2D eigenvalue weighted by atomic mass is 9.97. The van der Waals surface area contributed by atoms with Crippen molar-refractivity contribution >= 4 is 34.3 Å². The fourth-order valence-electron chi connectivity index (χ4n) is 3.54. The SMILES string of the molecule is CCN(CC)c1cc(O)c(O)cc1Sc1nc2c(N)nccc2n1CCNCC(C)(C)C. The van der Waals surface area contributed by atoms with Crippen molar-refractivity contribution in [2.75, 3.05) is 36.8 Å². The number of imidazole rings is 1. The minimum atomic E-state index is -0.154. The molecule has 3 aromatic rings. The number of benzene rings is 1. The minimum absolute atomic E-state index is 0.135. The van der Waals surface area contributed by atoms with Crippen LogP contribution in [0.3, 0.4) is 0 Å². The number of anilines is 2. The van der Waals surface area contributed by atoms with Crippen LogP contribution in [0, 0.1) is 5.41 Å². The van der Waals surface area contributed by atoms with Gasteiger partial charge in [0, 0.05) is 49.9 Å². The second kappa shape index (κ2) is 9.87. The molecule has 0 saturated carbocycles. The fourth-order valence-corrected chi connectivity index (χ4v) is 4.63. The standard InChI is InChI=1S/C23H34N6O2S/c1-6-28(7-2)16-12-17(30)18(31)13-19(16)32-22-27-20-15(8-9-26-21(20)24)29(22)11-10-25-14-23(3,4)5/h8-9,12-13,25,30-31H,6-7,10-11,14H2,1-5H3,(H2,24,26). The van der Waals surface area contributed by atoms with Crippen molar-refractivity contribution in [2.24, 2.45) is 5.41 Å². The van der Waals surface area contributed by atoms with Crippen molar-refractivity contribution in [2.45, 2.75) is 51.2 Å². The maximum absolute atomic E-state index is 10.2. The molecule has 2 heterocycles. The topological polar surface area (TPSA) is 112 Å². The third kappa shape index (κ3) is 5.39. The smallest absolute Gasteiger partial charge is 0.174 e. The van der Waals surface area contributed by atoms with Gasteiger partial charge in [-0.1, -0.05) is 20.8 Å².